The molecule has 0 aliphatic carbocycles. The first kappa shape index (κ1) is 15.2. The molecule has 1 aromatic carbocycles. The van der Waals surface area contributed by atoms with E-state index in [1.54, 1.807) is 26.2 Å². The Morgan fingerprint density at radius 2 is 2.00 bits per heavy atom. The summed E-state index contributed by atoms with van der Waals surface area (Å²) in [5.74, 6) is -1.15. The fraction of sp³-hybridized carbons (Fsp3) is 0.429. The minimum Gasteiger partial charge on any atom is -0.478 e. The van der Waals surface area contributed by atoms with Gasteiger partial charge >= 0.3 is 5.97 Å². The molecule has 0 fully saturated rings. The van der Waals surface area contributed by atoms with Crippen LogP contribution in [0.25, 0.3) is 0 Å². The molecule has 5 nitrogen and oxygen atoms in total. The number of aromatic carboxylic acids is 1. The number of methoxy groups -OCH3 is 1. The van der Waals surface area contributed by atoms with Crippen molar-refractivity contribution in [2.75, 3.05) is 12.4 Å². The molecule has 0 heterocycles. The van der Waals surface area contributed by atoms with E-state index in [9.17, 15) is 9.59 Å². The zero-order valence-electron chi connectivity index (χ0n) is 11.6. The molecule has 1 aromatic rings. The van der Waals surface area contributed by atoms with Crippen LogP contribution in [0, 0.1) is 6.92 Å². The van der Waals surface area contributed by atoms with Crippen molar-refractivity contribution in [3.05, 3.63) is 29.3 Å². The van der Waals surface area contributed by atoms with Gasteiger partial charge in [0.2, 0.25) is 5.91 Å². The molecule has 0 atom stereocenters. The summed E-state index contributed by atoms with van der Waals surface area (Å²) < 4.78 is 5.18. The van der Waals surface area contributed by atoms with Crippen LogP contribution in [0.5, 0.6) is 0 Å². The summed E-state index contributed by atoms with van der Waals surface area (Å²) in [5, 5.41) is 11.6. The monoisotopic (exact) mass is 265 g/mol. The summed E-state index contributed by atoms with van der Waals surface area (Å²) in [4.78, 5) is 22.7. The number of anilines is 1. The van der Waals surface area contributed by atoms with E-state index in [1.807, 2.05) is 13.8 Å². The summed E-state index contributed by atoms with van der Waals surface area (Å²) in [6, 6.07) is 4.70. The number of nitrogens with one attached hydrogen (secondary N) is 1. The van der Waals surface area contributed by atoms with Crippen molar-refractivity contribution >= 4 is 17.6 Å². The molecule has 0 unspecified atom stereocenters. The number of carbonyl (C=O) groups is 2. The molecule has 5 heteroatoms. The summed E-state index contributed by atoms with van der Waals surface area (Å²) in [6.45, 7) is 5.34. The van der Waals surface area contributed by atoms with Crippen molar-refractivity contribution in [2.24, 2.45) is 0 Å². The molecule has 0 bridgehead atoms. The predicted octanol–water partition coefficient (Wildman–Crippen LogP) is 2.45. The second-order valence-electron chi connectivity index (χ2n) is 5.02. The largest absolute Gasteiger partial charge is 0.478 e. The molecule has 104 valence electrons. The van der Waals surface area contributed by atoms with E-state index in [4.69, 9.17) is 9.84 Å². The van der Waals surface area contributed by atoms with E-state index in [-0.39, 0.29) is 17.9 Å². The Labute approximate surface area is 112 Å². The second kappa shape index (κ2) is 5.84. The Bertz CT molecular complexity index is 494. The number of rotatable bonds is 5. The number of carbonyl (C=O) groups excluding carboxylic acids is 1. The van der Waals surface area contributed by atoms with Gasteiger partial charge < -0.3 is 15.2 Å². The molecule has 0 radical (unpaired) electrons. The van der Waals surface area contributed by atoms with Crippen LogP contribution in [0.1, 0.15) is 36.2 Å². The van der Waals surface area contributed by atoms with Crippen LogP contribution in [-0.2, 0) is 9.53 Å². The Hall–Kier alpha value is -1.88. The zero-order chi connectivity index (χ0) is 14.6. The second-order valence-corrected chi connectivity index (χ2v) is 5.02. The lowest BCUT2D eigenvalue weighted by molar-refractivity contribution is -0.121. The fourth-order valence-electron chi connectivity index (χ4n) is 1.65. The molecule has 19 heavy (non-hydrogen) atoms. The third-order valence-corrected chi connectivity index (χ3v) is 2.88. The van der Waals surface area contributed by atoms with Gasteiger partial charge in [0.15, 0.2) is 0 Å². The first-order valence-electron chi connectivity index (χ1n) is 5.94. The summed E-state index contributed by atoms with van der Waals surface area (Å²) in [5.41, 5.74) is 0.895. The van der Waals surface area contributed by atoms with Gasteiger partial charge in [-0.25, -0.2) is 4.79 Å². The van der Waals surface area contributed by atoms with Crippen molar-refractivity contribution in [2.45, 2.75) is 32.8 Å². The molecule has 0 aliphatic rings. The predicted molar refractivity (Wildman–Crippen MR) is 72.5 cm³/mol. The van der Waals surface area contributed by atoms with Gasteiger partial charge in [0.1, 0.15) is 0 Å². The summed E-state index contributed by atoms with van der Waals surface area (Å²) in [6.07, 6.45) is 0.225. The number of carboxylic acids is 1. The van der Waals surface area contributed by atoms with Crippen molar-refractivity contribution in [3.63, 3.8) is 0 Å². The maximum Gasteiger partial charge on any atom is 0.335 e. The van der Waals surface area contributed by atoms with Crippen LogP contribution >= 0.6 is 0 Å². The third kappa shape index (κ3) is 4.37. The zero-order valence-corrected chi connectivity index (χ0v) is 11.6. The molecule has 1 amide bonds. The van der Waals surface area contributed by atoms with Gasteiger partial charge in [-0.3, -0.25) is 4.79 Å². The van der Waals surface area contributed by atoms with Gasteiger partial charge in [-0.05, 0) is 44.5 Å². The molecule has 0 saturated carbocycles. The molecular weight excluding hydrogens is 246 g/mol. The maximum absolute atomic E-state index is 11.8. The number of hydrogen-bond donors (Lipinski definition) is 2. The Morgan fingerprint density at radius 1 is 1.37 bits per heavy atom. The Kier molecular flexibility index (Phi) is 4.67. The summed E-state index contributed by atoms with van der Waals surface area (Å²) in [7, 11) is 1.55. The molecule has 1 rings (SSSR count). The van der Waals surface area contributed by atoms with Crippen molar-refractivity contribution < 1.29 is 19.4 Å². The van der Waals surface area contributed by atoms with Crippen molar-refractivity contribution in [1.82, 2.24) is 0 Å². The number of hydrogen-bond acceptors (Lipinski definition) is 3. The van der Waals surface area contributed by atoms with Gasteiger partial charge in [-0.1, -0.05) is 0 Å². The lowest BCUT2D eigenvalue weighted by Gasteiger charge is -2.22. The number of amides is 1. The average Bonchev–Trinajstić information content (AvgIpc) is 2.27. The quantitative estimate of drug-likeness (QED) is 0.857. The SMILES string of the molecule is COC(C)(C)CC(=O)Nc1ccc(C(=O)O)c(C)c1. The van der Waals surface area contributed by atoms with E-state index < -0.39 is 11.6 Å². The highest BCUT2D eigenvalue weighted by Gasteiger charge is 2.21. The molecule has 0 aromatic heterocycles. The van der Waals surface area contributed by atoms with Gasteiger partial charge in [-0.15, -0.1) is 0 Å². The van der Waals surface area contributed by atoms with Gasteiger partial charge in [0.05, 0.1) is 17.6 Å². The molecule has 2 N–H and O–H groups in total. The lowest BCUT2D eigenvalue weighted by Crippen LogP contribution is -2.29. The average molecular weight is 265 g/mol. The number of ether oxygens (including phenoxy) is 1. The highest BCUT2D eigenvalue weighted by Crippen LogP contribution is 2.18. The van der Waals surface area contributed by atoms with E-state index >= 15 is 0 Å². The van der Waals surface area contributed by atoms with E-state index in [0.717, 1.165) is 0 Å². The van der Waals surface area contributed by atoms with Crippen LogP contribution in [-0.4, -0.2) is 29.7 Å². The topological polar surface area (TPSA) is 75.6 Å². The third-order valence-electron chi connectivity index (χ3n) is 2.88. The highest BCUT2D eigenvalue weighted by molar-refractivity contribution is 5.93. The number of carboxylic acid groups (broad SMARTS) is 1. The smallest absolute Gasteiger partial charge is 0.335 e. The number of benzene rings is 1. The lowest BCUT2D eigenvalue weighted by atomic mass is 10.0. The highest BCUT2D eigenvalue weighted by atomic mass is 16.5. The standard InChI is InChI=1S/C14H19NO4/c1-9-7-10(5-6-11(9)13(17)18)15-12(16)8-14(2,3)19-4/h5-7H,8H2,1-4H3,(H,15,16)(H,17,18). The van der Waals surface area contributed by atoms with Gasteiger partial charge in [-0.2, -0.15) is 0 Å². The molecule has 0 saturated heterocycles. The molecular formula is C14H19NO4. The van der Waals surface area contributed by atoms with Crippen LogP contribution in [0.4, 0.5) is 5.69 Å². The Balaban J connectivity index is 2.76. The maximum atomic E-state index is 11.8. The normalized spacial score (nSPS) is 11.2. The number of aryl methyl sites for hydroxylation is 1. The first-order valence-corrected chi connectivity index (χ1v) is 5.94. The van der Waals surface area contributed by atoms with Crippen molar-refractivity contribution in [3.8, 4) is 0 Å². The van der Waals surface area contributed by atoms with Gasteiger partial charge in [0, 0.05) is 12.8 Å². The van der Waals surface area contributed by atoms with E-state index in [2.05, 4.69) is 5.32 Å². The minimum absolute atomic E-state index is 0.172. The van der Waals surface area contributed by atoms with Gasteiger partial charge in [0.25, 0.3) is 0 Å². The van der Waals surface area contributed by atoms with Crippen LogP contribution in [0.3, 0.4) is 0 Å². The molecule has 0 spiro atoms. The van der Waals surface area contributed by atoms with E-state index in [0.29, 0.717) is 11.3 Å². The molecule has 0 aliphatic heterocycles. The van der Waals surface area contributed by atoms with Crippen molar-refractivity contribution in [1.29, 1.82) is 0 Å². The first-order chi connectivity index (χ1) is 8.75. The van der Waals surface area contributed by atoms with Crippen LogP contribution in [0.2, 0.25) is 0 Å². The Morgan fingerprint density at radius 3 is 2.47 bits per heavy atom. The van der Waals surface area contributed by atoms with Crippen LogP contribution in [0.15, 0.2) is 18.2 Å². The summed E-state index contributed by atoms with van der Waals surface area (Å²) >= 11 is 0. The van der Waals surface area contributed by atoms with Crippen LogP contribution < -0.4 is 5.32 Å². The minimum atomic E-state index is -0.976. The van der Waals surface area contributed by atoms with E-state index in [1.165, 1.54) is 6.07 Å². The fourth-order valence-corrected chi connectivity index (χ4v) is 1.65.